The lowest BCUT2D eigenvalue weighted by atomic mass is 9.33. The molecule has 0 spiro atoms. The van der Waals surface area contributed by atoms with Gasteiger partial charge < -0.3 is 4.57 Å². The van der Waals surface area contributed by atoms with Crippen molar-refractivity contribution in [3.63, 3.8) is 0 Å². The Morgan fingerprint density at radius 3 is 1.26 bits per heavy atom. The molecule has 266 valence electrons. The monoisotopic (exact) mass is 735 g/mol. The van der Waals surface area contributed by atoms with Crippen molar-refractivity contribution in [2.75, 3.05) is 0 Å². The highest BCUT2D eigenvalue weighted by Gasteiger charge is 2.44. The summed E-state index contributed by atoms with van der Waals surface area (Å²) in [6, 6.07) is 66.2. The zero-order chi connectivity index (χ0) is 37.6. The Balaban J connectivity index is 1.25. The summed E-state index contributed by atoms with van der Waals surface area (Å²) in [5.74, 6) is 1.88. The minimum Gasteiger partial charge on any atom is -0.309 e. The molecule has 0 amide bonds. The molecule has 0 bridgehead atoms. The van der Waals surface area contributed by atoms with Crippen LogP contribution in [-0.4, -0.2) is 30.4 Å². The van der Waals surface area contributed by atoms with Crippen LogP contribution in [0.5, 0.6) is 0 Å². The number of nitrogens with zero attached hydrogens (tertiary/aromatic N) is 5. The smallest absolute Gasteiger partial charge is 0.253 e. The number of imidazole rings is 2. The second-order valence-corrected chi connectivity index (χ2v) is 15.7. The number of hydrogen-bond acceptors (Lipinski definition) is 2. The average Bonchev–Trinajstić information content (AvgIpc) is 3.97. The molecular formula is C52H30BN5. The predicted octanol–water partition coefficient (Wildman–Crippen LogP) is 10.2. The van der Waals surface area contributed by atoms with Gasteiger partial charge in [0.2, 0.25) is 0 Å². The minimum absolute atomic E-state index is 0.0833. The number of hydrogen-bond donors (Lipinski definition) is 0. The first-order valence-corrected chi connectivity index (χ1v) is 20.0. The van der Waals surface area contributed by atoms with Crippen LogP contribution in [0, 0.1) is 0 Å². The molecular weight excluding hydrogens is 705 g/mol. The number of fused-ring (bicyclic) bond motifs is 11. The maximum atomic E-state index is 5.56. The van der Waals surface area contributed by atoms with Crippen LogP contribution >= 0.6 is 0 Å². The zero-order valence-electron chi connectivity index (χ0n) is 31.1. The van der Waals surface area contributed by atoms with E-state index in [1.54, 1.807) is 0 Å². The van der Waals surface area contributed by atoms with Crippen molar-refractivity contribution in [1.29, 1.82) is 0 Å². The second-order valence-electron chi connectivity index (χ2n) is 15.7. The van der Waals surface area contributed by atoms with Gasteiger partial charge in [0.15, 0.2) is 0 Å². The maximum Gasteiger partial charge on any atom is 0.253 e. The Kier molecular flexibility index (Phi) is 5.78. The molecule has 5 nitrogen and oxygen atoms in total. The van der Waals surface area contributed by atoms with Crippen LogP contribution in [0.1, 0.15) is 0 Å². The van der Waals surface area contributed by atoms with Crippen LogP contribution in [0.25, 0.3) is 105 Å². The summed E-state index contributed by atoms with van der Waals surface area (Å²) >= 11 is 0. The van der Waals surface area contributed by atoms with Gasteiger partial charge in [0, 0.05) is 33.3 Å². The summed E-state index contributed by atoms with van der Waals surface area (Å²) < 4.78 is 7.41. The molecule has 2 aliphatic rings. The first-order chi connectivity index (χ1) is 28.8. The van der Waals surface area contributed by atoms with E-state index in [1.807, 2.05) is 0 Å². The number of rotatable bonds is 3. The molecule has 9 aromatic carbocycles. The lowest BCUT2D eigenvalue weighted by Gasteiger charge is -2.35. The molecule has 0 unspecified atom stereocenters. The second kappa shape index (κ2) is 11.0. The van der Waals surface area contributed by atoms with Crippen molar-refractivity contribution in [2.24, 2.45) is 0 Å². The zero-order valence-corrected chi connectivity index (χ0v) is 31.1. The third-order valence-electron chi connectivity index (χ3n) is 12.8. The summed E-state index contributed by atoms with van der Waals surface area (Å²) in [6.45, 7) is -0.0833. The van der Waals surface area contributed by atoms with Crippen LogP contribution in [0.4, 0.5) is 0 Å². The highest BCUT2D eigenvalue weighted by Crippen LogP contribution is 2.41. The molecule has 3 aromatic heterocycles. The van der Waals surface area contributed by atoms with Crippen molar-refractivity contribution in [2.45, 2.75) is 0 Å². The molecule has 5 heterocycles. The predicted molar refractivity (Wildman–Crippen MR) is 241 cm³/mol. The first-order valence-electron chi connectivity index (χ1n) is 20.0. The number of para-hydroxylation sites is 2. The van der Waals surface area contributed by atoms with E-state index < -0.39 is 0 Å². The van der Waals surface area contributed by atoms with Gasteiger partial charge in [-0.05, 0) is 74.3 Å². The topological polar surface area (TPSA) is 40.6 Å². The van der Waals surface area contributed by atoms with Crippen LogP contribution in [0.3, 0.4) is 0 Å². The molecule has 14 rings (SSSR count). The molecule has 0 radical (unpaired) electrons. The first kappa shape index (κ1) is 30.5. The van der Waals surface area contributed by atoms with Crippen molar-refractivity contribution in [3.05, 3.63) is 182 Å². The lowest BCUT2D eigenvalue weighted by Crippen LogP contribution is -2.60. The van der Waals surface area contributed by atoms with Gasteiger partial charge in [-0.3, -0.25) is 9.13 Å². The fraction of sp³-hybridized carbons (Fsp3) is 0. The van der Waals surface area contributed by atoms with Gasteiger partial charge in [-0.15, -0.1) is 0 Å². The summed E-state index contributed by atoms with van der Waals surface area (Å²) in [4.78, 5) is 11.1. The van der Waals surface area contributed by atoms with Crippen molar-refractivity contribution in [1.82, 2.24) is 23.7 Å². The molecule has 0 aliphatic carbocycles. The molecule has 12 aromatic rings. The van der Waals surface area contributed by atoms with Crippen LogP contribution in [0.2, 0.25) is 0 Å². The summed E-state index contributed by atoms with van der Waals surface area (Å²) in [5, 5.41) is 7.37. The molecule has 0 atom stereocenters. The number of aromatic nitrogens is 5. The molecule has 0 saturated heterocycles. The highest BCUT2D eigenvalue weighted by molar-refractivity contribution is 7.02. The van der Waals surface area contributed by atoms with Crippen molar-refractivity contribution in [3.8, 4) is 39.8 Å². The normalized spacial score (nSPS) is 12.8. The van der Waals surface area contributed by atoms with Gasteiger partial charge in [-0.1, -0.05) is 146 Å². The lowest BCUT2D eigenvalue weighted by molar-refractivity contribution is 1.06. The van der Waals surface area contributed by atoms with Crippen molar-refractivity contribution < 1.29 is 0 Å². The van der Waals surface area contributed by atoms with E-state index in [9.17, 15) is 0 Å². The summed E-state index contributed by atoms with van der Waals surface area (Å²) in [5.41, 5.74) is 16.1. The highest BCUT2D eigenvalue weighted by atomic mass is 15.1. The van der Waals surface area contributed by atoms with Crippen LogP contribution < -0.4 is 16.4 Å². The summed E-state index contributed by atoms with van der Waals surface area (Å²) in [7, 11) is 0. The van der Waals surface area contributed by atoms with E-state index in [0.29, 0.717) is 0 Å². The molecule has 6 heteroatoms. The fourth-order valence-electron chi connectivity index (χ4n) is 10.5. The van der Waals surface area contributed by atoms with Gasteiger partial charge in [0.25, 0.3) is 6.71 Å². The van der Waals surface area contributed by atoms with Gasteiger partial charge in [-0.2, -0.15) is 0 Å². The summed E-state index contributed by atoms with van der Waals surface area (Å²) in [6.07, 6.45) is 0. The molecule has 0 saturated carbocycles. The third-order valence-corrected chi connectivity index (χ3v) is 12.8. The van der Waals surface area contributed by atoms with Crippen LogP contribution in [0.15, 0.2) is 182 Å². The standard InChI is InChI=1S/C52H30BN5/c1-3-15-31(16-4-1)51-54-40-27-33-19-7-9-21-36(33)46-49(40)57(51)44-29-35(56-42-25-13-11-23-38(42)39-24-12-14-26-43(39)56)30-45-48(44)53(46)47-37-22-10-8-20-34(37)28-41-50(47)58(45)52(55-41)32-17-5-2-6-18-32/h1-30H. The Hall–Kier alpha value is -7.70. The Bertz CT molecular complexity index is 3500. The third kappa shape index (κ3) is 3.82. The van der Waals surface area contributed by atoms with E-state index >= 15 is 0 Å². The van der Waals surface area contributed by atoms with E-state index in [1.165, 1.54) is 59.7 Å². The Labute approximate surface area is 332 Å². The van der Waals surface area contributed by atoms with E-state index in [4.69, 9.17) is 9.97 Å². The Morgan fingerprint density at radius 1 is 0.362 bits per heavy atom. The molecule has 0 fully saturated rings. The quantitative estimate of drug-likeness (QED) is 0.170. The average molecular weight is 736 g/mol. The maximum absolute atomic E-state index is 5.56. The largest absolute Gasteiger partial charge is 0.309 e. The van der Waals surface area contributed by atoms with Gasteiger partial charge >= 0.3 is 0 Å². The van der Waals surface area contributed by atoms with E-state index in [0.717, 1.165) is 61.9 Å². The Morgan fingerprint density at radius 2 is 0.776 bits per heavy atom. The van der Waals surface area contributed by atoms with Crippen LogP contribution in [-0.2, 0) is 0 Å². The van der Waals surface area contributed by atoms with Gasteiger partial charge in [-0.25, -0.2) is 9.97 Å². The molecule has 0 N–H and O–H groups in total. The van der Waals surface area contributed by atoms with Gasteiger partial charge in [0.05, 0.1) is 38.8 Å². The van der Waals surface area contributed by atoms with Gasteiger partial charge in [0.1, 0.15) is 11.6 Å². The van der Waals surface area contributed by atoms with E-state index in [-0.39, 0.29) is 6.71 Å². The number of benzene rings is 9. The SMILES string of the molecule is c1ccc(-c2nc3cc4ccccc4c4c3n2-c2cc(-n3c5ccccc5c5ccccc53)cc3c2B4c2c4ccccc4cc4nc(-c5ccccc5)n-3c24)cc1. The van der Waals surface area contributed by atoms with E-state index in [2.05, 4.69) is 196 Å². The minimum atomic E-state index is -0.0833. The molecule has 58 heavy (non-hydrogen) atoms. The fourth-order valence-corrected chi connectivity index (χ4v) is 10.5. The van der Waals surface area contributed by atoms with Crippen molar-refractivity contribution >= 4 is 88.5 Å². The molecule has 2 aliphatic heterocycles.